The molecular formula is C10H18O2. The Morgan fingerprint density at radius 1 is 1.50 bits per heavy atom. The molecule has 1 fully saturated rings. The number of hydrogen-bond donors (Lipinski definition) is 1. The van der Waals surface area contributed by atoms with E-state index in [0.717, 1.165) is 0 Å². The number of carbonyl (C=O) groups excluding carboxylic acids is 1. The Bertz CT molecular complexity index is 175. The molecule has 3 atom stereocenters. The minimum absolute atomic E-state index is 0.0937. The van der Waals surface area contributed by atoms with Crippen LogP contribution in [-0.4, -0.2) is 17.0 Å². The Balaban J connectivity index is 2.62. The summed E-state index contributed by atoms with van der Waals surface area (Å²) in [5.41, 5.74) is 0. The van der Waals surface area contributed by atoms with Gasteiger partial charge < -0.3 is 5.11 Å². The van der Waals surface area contributed by atoms with E-state index in [-0.39, 0.29) is 17.9 Å². The van der Waals surface area contributed by atoms with E-state index in [2.05, 4.69) is 0 Å². The van der Waals surface area contributed by atoms with Gasteiger partial charge in [0.15, 0.2) is 0 Å². The zero-order valence-electron chi connectivity index (χ0n) is 8.08. The molecule has 1 N–H and O–H groups in total. The highest BCUT2D eigenvalue weighted by atomic mass is 16.3. The van der Waals surface area contributed by atoms with E-state index >= 15 is 0 Å². The molecule has 0 saturated heterocycles. The fourth-order valence-corrected chi connectivity index (χ4v) is 1.87. The van der Waals surface area contributed by atoms with Crippen molar-refractivity contribution in [2.24, 2.45) is 17.8 Å². The molecule has 0 amide bonds. The van der Waals surface area contributed by atoms with E-state index in [4.69, 9.17) is 0 Å². The highest BCUT2D eigenvalue weighted by molar-refractivity contribution is 5.82. The van der Waals surface area contributed by atoms with Gasteiger partial charge in [-0.2, -0.15) is 0 Å². The van der Waals surface area contributed by atoms with E-state index in [1.54, 1.807) is 0 Å². The smallest absolute Gasteiger partial charge is 0.136 e. The second-order valence-electron chi connectivity index (χ2n) is 4.30. The molecule has 0 aromatic rings. The molecule has 0 radical (unpaired) electrons. The molecule has 3 unspecified atom stereocenters. The lowest BCUT2D eigenvalue weighted by Crippen LogP contribution is -2.36. The summed E-state index contributed by atoms with van der Waals surface area (Å²) in [6.07, 6.45) is 0.955. The molecule has 2 heteroatoms. The monoisotopic (exact) mass is 170 g/mol. The predicted octanol–water partition coefficient (Wildman–Crippen LogP) is 1.62. The van der Waals surface area contributed by atoms with Crippen molar-refractivity contribution in [3.8, 4) is 0 Å². The van der Waals surface area contributed by atoms with Crippen LogP contribution in [0.5, 0.6) is 0 Å². The zero-order valence-corrected chi connectivity index (χ0v) is 8.08. The highest BCUT2D eigenvalue weighted by Crippen LogP contribution is 2.30. The van der Waals surface area contributed by atoms with Gasteiger partial charge in [0, 0.05) is 12.3 Å². The molecule has 70 valence electrons. The molecule has 2 nitrogen and oxygen atoms in total. The molecule has 0 aromatic carbocycles. The van der Waals surface area contributed by atoms with Gasteiger partial charge >= 0.3 is 0 Å². The Labute approximate surface area is 74.0 Å². The van der Waals surface area contributed by atoms with Crippen molar-refractivity contribution in [1.82, 2.24) is 0 Å². The molecular weight excluding hydrogens is 152 g/mol. The first-order valence-electron chi connectivity index (χ1n) is 4.73. The second kappa shape index (κ2) is 3.56. The normalized spacial score (nSPS) is 37.4. The number of ketones is 1. The maximum atomic E-state index is 11.5. The van der Waals surface area contributed by atoms with E-state index in [1.807, 2.05) is 20.8 Å². The van der Waals surface area contributed by atoms with Crippen molar-refractivity contribution in [2.75, 3.05) is 0 Å². The van der Waals surface area contributed by atoms with Crippen LogP contribution in [0.3, 0.4) is 0 Å². The number of hydrogen-bond acceptors (Lipinski definition) is 2. The first-order valence-corrected chi connectivity index (χ1v) is 4.73. The molecule has 0 aliphatic heterocycles. The maximum absolute atomic E-state index is 11.5. The lowest BCUT2D eigenvalue weighted by molar-refractivity contribution is -0.131. The van der Waals surface area contributed by atoms with Crippen LogP contribution in [0, 0.1) is 17.8 Å². The molecule has 1 aliphatic carbocycles. The maximum Gasteiger partial charge on any atom is 0.136 e. The van der Waals surface area contributed by atoms with Crippen LogP contribution in [0.4, 0.5) is 0 Å². The van der Waals surface area contributed by atoms with Crippen molar-refractivity contribution >= 4 is 5.78 Å². The molecule has 12 heavy (non-hydrogen) atoms. The lowest BCUT2D eigenvalue weighted by atomic mass is 9.75. The molecule has 1 saturated carbocycles. The summed E-state index contributed by atoms with van der Waals surface area (Å²) >= 11 is 0. The molecule has 1 rings (SSSR count). The summed E-state index contributed by atoms with van der Waals surface area (Å²) in [5.74, 6) is 0.964. The SMILES string of the molecule is CC(C)C1CC(O)C(C)CC1=O. The Hall–Kier alpha value is -0.370. The van der Waals surface area contributed by atoms with Gasteiger partial charge in [-0.05, 0) is 18.3 Å². The van der Waals surface area contributed by atoms with Gasteiger partial charge in [0.1, 0.15) is 5.78 Å². The fourth-order valence-electron chi connectivity index (χ4n) is 1.87. The topological polar surface area (TPSA) is 37.3 Å². The first-order chi connectivity index (χ1) is 5.52. The summed E-state index contributed by atoms with van der Waals surface area (Å²) < 4.78 is 0. The molecule has 0 aromatic heterocycles. The first kappa shape index (κ1) is 9.72. The second-order valence-corrected chi connectivity index (χ2v) is 4.30. The van der Waals surface area contributed by atoms with Crippen LogP contribution in [0.1, 0.15) is 33.6 Å². The summed E-state index contributed by atoms with van der Waals surface area (Å²) in [6.45, 7) is 6.04. The predicted molar refractivity (Wildman–Crippen MR) is 47.7 cm³/mol. The van der Waals surface area contributed by atoms with Crippen molar-refractivity contribution in [2.45, 2.75) is 39.7 Å². The third kappa shape index (κ3) is 1.86. The molecule has 1 aliphatic rings. The Kier molecular flexibility index (Phi) is 2.89. The summed E-state index contributed by atoms with van der Waals surface area (Å²) in [5, 5.41) is 9.56. The lowest BCUT2D eigenvalue weighted by Gasteiger charge is -2.31. The van der Waals surface area contributed by atoms with Gasteiger partial charge in [0.25, 0.3) is 0 Å². The number of aliphatic hydroxyl groups is 1. The van der Waals surface area contributed by atoms with Crippen LogP contribution in [0.15, 0.2) is 0 Å². The molecule has 0 bridgehead atoms. The standard InChI is InChI=1S/C10H18O2/c1-6(2)8-5-9(11)7(3)4-10(8)12/h6-9,11H,4-5H2,1-3H3. The fraction of sp³-hybridized carbons (Fsp3) is 0.900. The van der Waals surface area contributed by atoms with Crippen molar-refractivity contribution < 1.29 is 9.90 Å². The van der Waals surface area contributed by atoms with E-state index < -0.39 is 0 Å². The third-order valence-corrected chi connectivity index (χ3v) is 2.89. The molecule has 0 heterocycles. The van der Waals surface area contributed by atoms with Crippen molar-refractivity contribution in [3.63, 3.8) is 0 Å². The quantitative estimate of drug-likeness (QED) is 0.649. The van der Waals surface area contributed by atoms with E-state index in [0.29, 0.717) is 24.5 Å². The van der Waals surface area contributed by atoms with E-state index in [1.165, 1.54) is 0 Å². The van der Waals surface area contributed by atoms with Gasteiger partial charge in [-0.1, -0.05) is 20.8 Å². The number of carbonyl (C=O) groups is 1. The zero-order chi connectivity index (χ0) is 9.30. The Morgan fingerprint density at radius 3 is 2.58 bits per heavy atom. The Morgan fingerprint density at radius 2 is 2.08 bits per heavy atom. The number of aliphatic hydroxyl groups excluding tert-OH is 1. The van der Waals surface area contributed by atoms with Gasteiger partial charge in [-0.25, -0.2) is 0 Å². The summed E-state index contributed by atoms with van der Waals surface area (Å²) in [7, 11) is 0. The summed E-state index contributed by atoms with van der Waals surface area (Å²) in [4.78, 5) is 11.5. The highest BCUT2D eigenvalue weighted by Gasteiger charge is 2.33. The van der Waals surface area contributed by atoms with Crippen LogP contribution < -0.4 is 0 Å². The largest absolute Gasteiger partial charge is 0.393 e. The molecule has 0 spiro atoms. The van der Waals surface area contributed by atoms with Crippen LogP contribution in [-0.2, 0) is 4.79 Å². The van der Waals surface area contributed by atoms with Gasteiger partial charge in [0.2, 0.25) is 0 Å². The van der Waals surface area contributed by atoms with Gasteiger partial charge in [-0.3, -0.25) is 4.79 Å². The summed E-state index contributed by atoms with van der Waals surface area (Å²) in [6, 6.07) is 0. The van der Waals surface area contributed by atoms with Crippen LogP contribution >= 0.6 is 0 Å². The minimum Gasteiger partial charge on any atom is -0.393 e. The van der Waals surface area contributed by atoms with Gasteiger partial charge in [-0.15, -0.1) is 0 Å². The van der Waals surface area contributed by atoms with Gasteiger partial charge in [0.05, 0.1) is 6.10 Å². The minimum atomic E-state index is -0.268. The number of rotatable bonds is 1. The third-order valence-electron chi connectivity index (χ3n) is 2.89. The van der Waals surface area contributed by atoms with Crippen LogP contribution in [0.25, 0.3) is 0 Å². The average Bonchev–Trinajstić information content (AvgIpc) is 1.96. The van der Waals surface area contributed by atoms with Crippen LogP contribution in [0.2, 0.25) is 0 Å². The van der Waals surface area contributed by atoms with Crippen molar-refractivity contribution in [3.05, 3.63) is 0 Å². The average molecular weight is 170 g/mol. The number of Topliss-reactive ketones (excluding diaryl/α,β-unsaturated/α-hetero) is 1. The van der Waals surface area contributed by atoms with Crippen molar-refractivity contribution in [1.29, 1.82) is 0 Å². The van der Waals surface area contributed by atoms with E-state index in [9.17, 15) is 9.90 Å².